The van der Waals surface area contributed by atoms with Crippen LogP contribution in [0.2, 0.25) is 0 Å². The molecule has 0 spiro atoms. The van der Waals surface area contributed by atoms with Crippen LogP contribution in [0.15, 0.2) is 6.33 Å². The predicted molar refractivity (Wildman–Crippen MR) is 66.8 cm³/mol. The molecule has 0 aliphatic heterocycles. The second-order valence-electron chi connectivity index (χ2n) is 3.83. The average molecular weight is 315 g/mol. The second kappa shape index (κ2) is 6.77. The van der Waals surface area contributed by atoms with E-state index in [2.05, 4.69) is 25.3 Å². The molecule has 1 N–H and O–H groups in total. The van der Waals surface area contributed by atoms with Gasteiger partial charge in [-0.25, -0.2) is 0 Å². The Balaban J connectivity index is 0.000000255. The van der Waals surface area contributed by atoms with E-state index in [-0.39, 0.29) is 12.0 Å². The smallest absolute Gasteiger partial charge is 0.390 e. The molecule has 15 nitrogen and oxygen atoms in total. The quantitative estimate of drug-likeness (QED) is 0.606. The van der Waals surface area contributed by atoms with E-state index in [0.717, 1.165) is 11.0 Å². The van der Waals surface area contributed by atoms with Crippen LogP contribution >= 0.6 is 0 Å². The molecule has 15 heteroatoms. The first-order chi connectivity index (χ1) is 10.2. The lowest BCUT2D eigenvalue weighted by Gasteiger charge is -1.97. The summed E-state index contributed by atoms with van der Waals surface area (Å²) in [4.78, 5) is 34.5. The summed E-state index contributed by atoms with van der Waals surface area (Å²) in [6.07, 6.45) is 1.08. The minimum absolute atomic E-state index is 0.329. The first kappa shape index (κ1) is 16.5. The number of rotatable bonds is 4. The Kier molecular flexibility index (Phi) is 5.09. The topological polar surface area (TPSA) is 202 Å². The highest BCUT2D eigenvalue weighted by Crippen LogP contribution is 2.17. The second-order valence-corrected chi connectivity index (χ2v) is 3.83. The Morgan fingerprint density at radius 2 is 1.77 bits per heavy atom. The van der Waals surface area contributed by atoms with Crippen LogP contribution in [0.1, 0.15) is 19.9 Å². The molecule has 0 aliphatic rings. The lowest BCUT2D eigenvalue weighted by atomic mass is 10.4. The zero-order valence-corrected chi connectivity index (χ0v) is 11.2. The zero-order valence-electron chi connectivity index (χ0n) is 11.2. The molecule has 2 aromatic heterocycles. The van der Waals surface area contributed by atoms with Crippen molar-refractivity contribution in [1.82, 2.24) is 29.9 Å². The lowest BCUT2D eigenvalue weighted by molar-refractivity contribution is -0.404. The third-order valence-corrected chi connectivity index (χ3v) is 1.99. The van der Waals surface area contributed by atoms with Crippen LogP contribution in [0.5, 0.6) is 0 Å². The van der Waals surface area contributed by atoms with E-state index >= 15 is 0 Å². The molecular formula is C7H9N9O6. The van der Waals surface area contributed by atoms with Crippen molar-refractivity contribution in [3.05, 3.63) is 36.7 Å². The van der Waals surface area contributed by atoms with Gasteiger partial charge in [0.25, 0.3) is 0 Å². The number of nitrogens with one attached hydrogen (secondary N) is 1. The number of aromatic nitrogens is 6. The summed E-state index contributed by atoms with van der Waals surface area (Å²) in [7, 11) is 0. The van der Waals surface area contributed by atoms with E-state index in [1.54, 1.807) is 13.8 Å². The van der Waals surface area contributed by atoms with E-state index in [0.29, 0.717) is 0 Å². The van der Waals surface area contributed by atoms with Crippen LogP contribution in [0.3, 0.4) is 0 Å². The largest absolute Gasteiger partial charge is 0.508 e. The standard InChI is InChI=1S/C5H7N5O4.C2H2N4O2/c1-3(2)8-5(10(13)14)6-4(7-8)9(11)12;7-6(8)2-3-1-4-5-2/h3H,1-2H3;1H,(H,3,4,5). The fraction of sp³-hybridized carbons (Fsp3) is 0.429. The maximum absolute atomic E-state index is 10.4. The Morgan fingerprint density at radius 3 is 2.05 bits per heavy atom. The van der Waals surface area contributed by atoms with Gasteiger partial charge in [0, 0.05) is 4.98 Å². The Hall–Kier alpha value is -3.52. The van der Waals surface area contributed by atoms with Gasteiger partial charge in [-0.1, -0.05) is 14.8 Å². The van der Waals surface area contributed by atoms with Gasteiger partial charge in [-0.15, -0.1) is 5.10 Å². The SMILES string of the molecule is CC(C)n1nc([N+](=O)[O-])nc1[N+](=O)[O-].O=[N+]([O-])c1ncn[nH]1. The van der Waals surface area contributed by atoms with Gasteiger partial charge in [0.1, 0.15) is 6.04 Å². The summed E-state index contributed by atoms with van der Waals surface area (Å²) in [5.41, 5.74) is 0. The summed E-state index contributed by atoms with van der Waals surface area (Å²) in [6.45, 7) is 3.23. The highest BCUT2D eigenvalue weighted by molar-refractivity contribution is 5.14. The van der Waals surface area contributed by atoms with Gasteiger partial charge in [-0.05, 0) is 28.6 Å². The zero-order chi connectivity index (χ0) is 16.9. The van der Waals surface area contributed by atoms with E-state index in [1.165, 1.54) is 0 Å². The summed E-state index contributed by atoms with van der Waals surface area (Å²) < 4.78 is 0.901. The van der Waals surface area contributed by atoms with Crippen molar-refractivity contribution >= 4 is 17.8 Å². The molecule has 2 rings (SSSR count). The first-order valence-electron chi connectivity index (χ1n) is 5.49. The fourth-order valence-corrected chi connectivity index (χ4v) is 1.14. The van der Waals surface area contributed by atoms with Gasteiger partial charge in [-0.2, -0.15) is 0 Å². The third-order valence-electron chi connectivity index (χ3n) is 1.99. The van der Waals surface area contributed by atoms with Crippen LogP contribution < -0.4 is 0 Å². The number of hydrogen-bond donors (Lipinski definition) is 1. The molecule has 2 heterocycles. The van der Waals surface area contributed by atoms with Crippen LogP contribution in [-0.2, 0) is 0 Å². The molecule has 0 saturated heterocycles. The molecule has 0 atom stereocenters. The Labute approximate surface area is 120 Å². The number of nitro groups is 3. The van der Waals surface area contributed by atoms with Crippen LogP contribution in [0.25, 0.3) is 0 Å². The van der Waals surface area contributed by atoms with Gasteiger partial charge in [0.05, 0.1) is 5.10 Å². The molecule has 2 aromatic rings. The molecule has 0 saturated carbocycles. The van der Waals surface area contributed by atoms with Gasteiger partial charge in [0.15, 0.2) is 0 Å². The van der Waals surface area contributed by atoms with Crippen LogP contribution in [0, 0.1) is 30.3 Å². The molecule has 0 aromatic carbocycles. The predicted octanol–water partition coefficient (Wildman–Crippen LogP) is 0.388. The van der Waals surface area contributed by atoms with Crippen molar-refractivity contribution in [3.8, 4) is 0 Å². The number of aromatic amines is 1. The third kappa shape index (κ3) is 3.99. The maximum atomic E-state index is 10.4. The molecular weight excluding hydrogens is 306 g/mol. The van der Waals surface area contributed by atoms with Crippen LogP contribution in [0.4, 0.5) is 17.8 Å². The first-order valence-corrected chi connectivity index (χ1v) is 5.49. The number of hydrogen-bond acceptors (Lipinski definition) is 10. The van der Waals surface area contributed by atoms with E-state index in [1.807, 2.05) is 0 Å². The van der Waals surface area contributed by atoms with Crippen molar-refractivity contribution < 1.29 is 14.8 Å². The maximum Gasteiger partial charge on any atom is 0.508 e. The molecule has 0 fully saturated rings. The van der Waals surface area contributed by atoms with E-state index in [9.17, 15) is 30.3 Å². The summed E-state index contributed by atoms with van der Waals surface area (Å²) >= 11 is 0. The van der Waals surface area contributed by atoms with Crippen LogP contribution in [-0.4, -0.2) is 44.7 Å². The molecule has 0 radical (unpaired) electrons. The van der Waals surface area contributed by atoms with Crippen molar-refractivity contribution in [2.45, 2.75) is 19.9 Å². The normalized spacial score (nSPS) is 9.95. The molecule has 118 valence electrons. The molecule has 0 amide bonds. The molecule has 0 bridgehead atoms. The minimum atomic E-state index is -0.869. The Morgan fingerprint density at radius 1 is 1.14 bits per heavy atom. The van der Waals surface area contributed by atoms with E-state index < -0.39 is 26.7 Å². The highest BCUT2D eigenvalue weighted by atomic mass is 16.6. The van der Waals surface area contributed by atoms with Crippen molar-refractivity contribution in [2.75, 3.05) is 0 Å². The average Bonchev–Trinajstić information content (AvgIpc) is 3.09. The molecule has 0 unspecified atom stereocenters. The number of H-pyrrole nitrogens is 1. The van der Waals surface area contributed by atoms with E-state index in [4.69, 9.17) is 0 Å². The van der Waals surface area contributed by atoms with Crippen molar-refractivity contribution in [3.63, 3.8) is 0 Å². The van der Waals surface area contributed by atoms with Crippen molar-refractivity contribution in [2.24, 2.45) is 0 Å². The monoisotopic (exact) mass is 315 g/mol. The Bertz CT molecular complexity index is 677. The fourth-order valence-electron chi connectivity index (χ4n) is 1.14. The lowest BCUT2D eigenvalue weighted by Crippen LogP contribution is -2.07. The van der Waals surface area contributed by atoms with Gasteiger partial charge < -0.3 is 30.3 Å². The van der Waals surface area contributed by atoms with Gasteiger partial charge >= 0.3 is 17.8 Å². The van der Waals surface area contributed by atoms with Crippen molar-refractivity contribution in [1.29, 1.82) is 0 Å². The molecule has 22 heavy (non-hydrogen) atoms. The number of nitrogens with zero attached hydrogens (tertiary/aromatic N) is 8. The highest BCUT2D eigenvalue weighted by Gasteiger charge is 2.29. The summed E-state index contributed by atoms with van der Waals surface area (Å²) in [5, 5.41) is 39.1. The summed E-state index contributed by atoms with van der Waals surface area (Å²) in [5.74, 6) is -1.71. The van der Waals surface area contributed by atoms with Gasteiger partial charge in [-0.3, -0.25) is 0 Å². The van der Waals surface area contributed by atoms with Gasteiger partial charge in [0.2, 0.25) is 6.33 Å². The summed E-state index contributed by atoms with van der Waals surface area (Å²) in [6, 6.07) is -0.350. The minimum Gasteiger partial charge on any atom is -0.390 e. The molecule has 0 aliphatic carbocycles.